The largest absolute Gasteiger partial charge is 0.506 e. The number of anilines is 1. The van der Waals surface area contributed by atoms with Crippen LogP contribution in [0.15, 0.2) is 42.5 Å². The molecule has 0 spiro atoms. The Balaban J connectivity index is 1.99. The average molecular weight is 327 g/mol. The molecule has 4 N–H and O–H groups in total. The Morgan fingerprint density at radius 3 is 2.29 bits per heavy atom. The summed E-state index contributed by atoms with van der Waals surface area (Å²) < 4.78 is 22.0. The number of nitrogens with two attached hydrogens (primary N) is 1. The number of aromatic hydroxyl groups is 1. The molecule has 0 saturated carbocycles. The molecule has 0 saturated heterocycles. The second-order valence-corrected chi connectivity index (χ2v) is 6.67. The highest BCUT2D eigenvalue weighted by atomic mass is 35.5. The zero-order valence-electron chi connectivity index (χ0n) is 11.1. The highest BCUT2D eigenvalue weighted by molar-refractivity contribution is 7.88. The normalized spacial score (nSPS) is 11.3. The van der Waals surface area contributed by atoms with E-state index in [0.717, 1.165) is 11.3 Å². The summed E-state index contributed by atoms with van der Waals surface area (Å²) in [5, 5.41) is 17.8. The van der Waals surface area contributed by atoms with Crippen molar-refractivity contribution in [2.45, 2.75) is 12.3 Å². The van der Waals surface area contributed by atoms with Crippen LogP contribution in [0.3, 0.4) is 0 Å². The van der Waals surface area contributed by atoms with Crippen LogP contribution in [0.25, 0.3) is 0 Å². The van der Waals surface area contributed by atoms with Crippen LogP contribution in [0.2, 0.25) is 5.02 Å². The number of primary sulfonamides is 1. The lowest BCUT2D eigenvalue weighted by atomic mass is 10.2. The second-order valence-electron chi connectivity index (χ2n) is 4.64. The first kappa shape index (κ1) is 15.6. The lowest BCUT2D eigenvalue weighted by Gasteiger charge is -2.08. The van der Waals surface area contributed by atoms with Gasteiger partial charge in [0.05, 0.1) is 10.8 Å². The Kier molecular flexibility index (Phi) is 4.72. The standard InChI is InChI=1S/C14H15ClN2O3S/c15-13-7-11(3-6-14(13)18)8-17-12-4-1-10(2-5-12)9-21(16,19)20/h1-7,17-18H,8-9H2,(H2,16,19,20). The minimum Gasteiger partial charge on any atom is -0.506 e. The quantitative estimate of drug-likeness (QED) is 0.787. The Labute approximate surface area is 128 Å². The summed E-state index contributed by atoms with van der Waals surface area (Å²) in [7, 11) is -3.51. The van der Waals surface area contributed by atoms with Crippen molar-refractivity contribution in [2.24, 2.45) is 5.14 Å². The second kappa shape index (κ2) is 6.34. The minimum absolute atomic E-state index is 0.0489. The molecule has 0 aliphatic rings. The van der Waals surface area contributed by atoms with Crippen LogP contribution >= 0.6 is 11.6 Å². The van der Waals surface area contributed by atoms with Crippen molar-refractivity contribution in [1.29, 1.82) is 0 Å². The maximum absolute atomic E-state index is 11.0. The molecule has 0 fully saturated rings. The molecule has 0 aliphatic heterocycles. The first-order valence-corrected chi connectivity index (χ1v) is 8.23. The van der Waals surface area contributed by atoms with E-state index >= 15 is 0 Å². The summed E-state index contributed by atoms with van der Waals surface area (Å²) in [5.74, 6) is -0.131. The number of phenolic OH excluding ortho intramolecular Hbond substituents is 1. The number of nitrogens with one attached hydrogen (secondary N) is 1. The van der Waals surface area contributed by atoms with Gasteiger partial charge in [-0.3, -0.25) is 0 Å². The molecule has 112 valence electrons. The van der Waals surface area contributed by atoms with Crippen molar-refractivity contribution >= 4 is 27.3 Å². The third kappa shape index (κ3) is 4.93. The van der Waals surface area contributed by atoms with Crippen molar-refractivity contribution < 1.29 is 13.5 Å². The maximum Gasteiger partial charge on any atom is 0.213 e. The molecular formula is C14H15ClN2O3S. The molecule has 21 heavy (non-hydrogen) atoms. The van der Waals surface area contributed by atoms with E-state index in [1.807, 2.05) is 0 Å². The molecule has 5 nitrogen and oxygen atoms in total. The van der Waals surface area contributed by atoms with Gasteiger partial charge in [-0.05, 0) is 35.4 Å². The zero-order valence-corrected chi connectivity index (χ0v) is 12.7. The van der Waals surface area contributed by atoms with E-state index in [1.54, 1.807) is 36.4 Å². The van der Waals surface area contributed by atoms with Crippen LogP contribution in [-0.4, -0.2) is 13.5 Å². The van der Waals surface area contributed by atoms with Gasteiger partial charge < -0.3 is 10.4 Å². The van der Waals surface area contributed by atoms with Crippen LogP contribution in [-0.2, 0) is 22.3 Å². The van der Waals surface area contributed by atoms with Gasteiger partial charge in [0.15, 0.2) is 0 Å². The molecule has 0 amide bonds. The molecule has 0 bridgehead atoms. The molecular weight excluding hydrogens is 312 g/mol. The fraction of sp³-hybridized carbons (Fsp3) is 0.143. The van der Waals surface area contributed by atoms with E-state index in [0.29, 0.717) is 17.1 Å². The predicted molar refractivity (Wildman–Crippen MR) is 83.7 cm³/mol. The first-order chi connectivity index (χ1) is 9.83. The monoisotopic (exact) mass is 326 g/mol. The van der Waals surface area contributed by atoms with Crippen LogP contribution in [0.5, 0.6) is 5.75 Å². The van der Waals surface area contributed by atoms with Crippen molar-refractivity contribution in [2.75, 3.05) is 5.32 Å². The average Bonchev–Trinajstić information content (AvgIpc) is 2.40. The van der Waals surface area contributed by atoms with Gasteiger partial charge in [-0.15, -0.1) is 0 Å². The van der Waals surface area contributed by atoms with Crippen molar-refractivity contribution in [3.8, 4) is 5.75 Å². The molecule has 7 heteroatoms. The van der Waals surface area contributed by atoms with Gasteiger partial charge in [-0.25, -0.2) is 13.6 Å². The summed E-state index contributed by atoms with van der Waals surface area (Å²) >= 11 is 5.83. The number of phenols is 1. The van der Waals surface area contributed by atoms with Crippen LogP contribution < -0.4 is 10.5 Å². The van der Waals surface area contributed by atoms with Gasteiger partial charge in [0, 0.05) is 12.2 Å². The number of hydrogen-bond acceptors (Lipinski definition) is 4. The van der Waals surface area contributed by atoms with Crippen molar-refractivity contribution in [3.63, 3.8) is 0 Å². The summed E-state index contributed by atoms with van der Waals surface area (Å²) in [4.78, 5) is 0. The lowest BCUT2D eigenvalue weighted by Crippen LogP contribution is -2.14. The van der Waals surface area contributed by atoms with E-state index in [1.165, 1.54) is 6.07 Å². The number of benzene rings is 2. The summed E-state index contributed by atoms with van der Waals surface area (Å²) in [6, 6.07) is 12.0. The Bertz CT molecular complexity index is 730. The molecule has 0 heterocycles. The fourth-order valence-corrected chi connectivity index (χ4v) is 2.68. The van der Waals surface area contributed by atoms with E-state index in [4.69, 9.17) is 16.7 Å². The van der Waals surface area contributed by atoms with Gasteiger partial charge >= 0.3 is 0 Å². The van der Waals surface area contributed by atoms with Gasteiger partial charge in [-0.1, -0.05) is 29.8 Å². The van der Waals surface area contributed by atoms with Gasteiger partial charge in [0.1, 0.15) is 5.75 Å². The molecule has 0 atom stereocenters. The third-order valence-electron chi connectivity index (χ3n) is 2.83. The molecule has 2 aromatic rings. The molecule has 0 aliphatic carbocycles. The number of halogens is 1. The highest BCUT2D eigenvalue weighted by Crippen LogP contribution is 2.24. The van der Waals surface area contributed by atoms with Crippen LogP contribution in [0.4, 0.5) is 5.69 Å². The predicted octanol–water partition coefficient (Wildman–Crippen LogP) is 2.45. The Morgan fingerprint density at radius 1 is 1.10 bits per heavy atom. The van der Waals surface area contributed by atoms with Gasteiger partial charge in [0.2, 0.25) is 10.0 Å². The van der Waals surface area contributed by atoms with E-state index < -0.39 is 10.0 Å². The lowest BCUT2D eigenvalue weighted by molar-refractivity contribution is 0.475. The van der Waals surface area contributed by atoms with E-state index in [2.05, 4.69) is 5.32 Å². The number of rotatable bonds is 5. The van der Waals surface area contributed by atoms with E-state index in [-0.39, 0.29) is 11.5 Å². The maximum atomic E-state index is 11.0. The first-order valence-electron chi connectivity index (χ1n) is 6.14. The third-order valence-corrected chi connectivity index (χ3v) is 3.87. The van der Waals surface area contributed by atoms with E-state index in [9.17, 15) is 13.5 Å². The zero-order chi connectivity index (χ0) is 15.5. The Hall–Kier alpha value is -1.76. The summed E-state index contributed by atoms with van der Waals surface area (Å²) in [6.07, 6.45) is 0. The highest BCUT2D eigenvalue weighted by Gasteiger charge is 2.05. The van der Waals surface area contributed by atoms with Crippen LogP contribution in [0, 0.1) is 0 Å². The van der Waals surface area contributed by atoms with Crippen molar-refractivity contribution in [1.82, 2.24) is 0 Å². The molecule has 0 aromatic heterocycles. The molecule has 2 aromatic carbocycles. The molecule has 0 radical (unpaired) electrons. The Morgan fingerprint density at radius 2 is 1.71 bits per heavy atom. The SMILES string of the molecule is NS(=O)(=O)Cc1ccc(NCc2ccc(O)c(Cl)c2)cc1. The van der Waals surface area contributed by atoms with Gasteiger partial charge in [0.25, 0.3) is 0 Å². The summed E-state index contributed by atoms with van der Waals surface area (Å²) in [6.45, 7) is 0.536. The van der Waals surface area contributed by atoms with Crippen molar-refractivity contribution in [3.05, 3.63) is 58.6 Å². The smallest absolute Gasteiger partial charge is 0.213 e. The molecule has 0 unspecified atom stereocenters. The number of sulfonamides is 1. The fourth-order valence-electron chi connectivity index (χ4n) is 1.82. The topological polar surface area (TPSA) is 92.4 Å². The van der Waals surface area contributed by atoms with Crippen LogP contribution in [0.1, 0.15) is 11.1 Å². The summed E-state index contributed by atoms with van der Waals surface area (Å²) in [5.41, 5.74) is 2.40. The van der Waals surface area contributed by atoms with Gasteiger partial charge in [-0.2, -0.15) is 0 Å². The number of hydrogen-bond donors (Lipinski definition) is 3. The molecule has 2 rings (SSSR count). The minimum atomic E-state index is -3.51.